The Hall–Kier alpha value is -1.87. The highest BCUT2D eigenvalue weighted by Gasteiger charge is 2.23. The van der Waals surface area contributed by atoms with Crippen LogP contribution in [0.1, 0.15) is 47.5 Å². The van der Waals surface area contributed by atoms with E-state index >= 15 is 0 Å². The molecule has 3 rings (SSSR count). The van der Waals surface area contributed by atoms with Crippen LogP contribution in [-0.4, -0.2) is 16.9 Å². The van der Waals surface area contributed by atoms with Crippen LogP contribution in [0.4, 0.5) is 0 Å². The SMILES string of the molecule is O=C(NC1CCC(c2ccccc2)CC1)c1ccc(Cl)nc1. The molecule has 114 valence electrons. The van der Waals surface area contributed by atoms with Crippen molar-refractivity contribution in [3.05, 3.63) is 64.9 Å². The minimum atomic E-state index is -0.0627. The number of nitrogens with one attached hydrogen (secondary N) is 1. The van der Waals surface area contributed by atoms with Crippen molar-refractivity contribution >= 4 is 17.5 Å². The summed E-state index contributed by atoms with van der Waals surface area (Å²) < 4.78 is 0. The van der Waals surface area contributed by atoms with Crippen LogP contribution in [0.5, 0.6) is 0 Å². The molecule has 1 fully saturated rings. The average Bonchev–Trinajstić information content (AvgIpc) is 2.57. The van der Waals surface area contributed by atoms with Gasteiger partial charge in [-0.3, -0.25) is 4.79 Å². The van der Waals surface area contributed by atoms with Crippen molar-refractivity contribution in [3.8, 4) is 0 Å². The van der Waals surface area contributed by atoms with Gasteiger partial charge in [-0.05, 0) is 49.3 Å². The Balaban J connectivity index is 1.53. The molecule has 0 radical (unpaired) electrons. The molecule has 1 aliphatic carbocycles. The Morgan fingerprint density at radius 1 is 1.05 bits per heavy atom. The van der Waals surface area contributed by atoms with Crippen LogP contribution < -0.4 is 5.32 Å². The zero-order valence-electron chi connectivity index (χ0n) is 12.3. The number of rotatable bonds is 3. The predicted octanol–water partition coefficient (Wildman–Crippen LogP) is 4.19. The maximum absolute atomic E-state index is 12.2. The Morgan fingerprint density at radius 3 is 2.41 bits per heavy atom. The molecule has 4 heteroatoms. The summed E-state index contributed by atoms with van der Waals surface area (Å²) in [7, 11) is 0. The summed E-state index contributed by atoms with van der Waals surface area (Å²) in [5.41, 5.74) is 1.98. The summed E-state index contributed by atoms with van der Waals surface area (Å²) >= 11 is 5.74. The molecule has 0 spiro atoms. The Kier molecular flexibility index (Phi) is 4.74. The Bertz CT molecular complexity index is 619. The van der Waals surface area contributed by atoms with Gasteiger partial charge >= 0.3 is 0 Å². The van der Waals surface area contributed by atoms with Crippen LogP contribution in [0.25, 0.3) is 0 Å². The monoisotopic (exact) mass is 314 g/mol. The van der Waals surface area contributed by atoms with E-state index in [1.54, 1.807) is 12.1 Å². The van der Waals surface area contributed by atoms with Gasteiger partial charge in [0.25, 0.3) is 5.91 Å². The summed E-state index contributed by atoms with van der Waals surface area (Å²) in [6.07, 6.45) is 5.80. The third kappa shape index (κ3) is 3.66. The quantitative estimate of drug-likeness (QED) is 0.863. The molecule has 0 unspecified atom stereocenters. The number of pyridine rings is 1. The fraction of sp³-hybridized carbons (Fsp3) is 0.333. The molecule has 1 saturated carbocycles. The summed E-state index contributed by atoms with van der Waals surface area (Å²) in [6, 6.07) is 14.2. The lowest BCUT2D eigenvalue weighted by atomic mass is 9.82. The molecule has 3 nitrogen and oxygen atoms in total. The number of hydrogen-bond donors (Lipinski definition) is 1. The largest absolute Gasteiger partial charge is 0.349 e. The van der Waals surface area contributed by atoms with Crippen LogP contribution in [-0.2, 0) is 0 Å². The van der Waals surface area contributed by atoms with E-state index in [0.29, 0.717) is 16.6 Å². The summed E-state index contributed by atoms with van der Waals surface area (Å²) in [5.74, 6) is 0.555. The second-order valence-electron chi connectivity index (χ2n) is 5.80. The topological polar surface area (TPSA) is 42.0 Å². The van der Waals surface area contributed by atoms with Gasteiger partial charge in [0.2, 0.25) is 0 Å². The fourth-order valence-corrected chi connectivity index (χ4v) is 3.19. The third-order valence-corrected chi connectivity index (χ3v) is 4.55. The average molecular weight is 315 g/mol. The molecule has 1 aromatic heterocycles. The van der Waals surface area contributed by atoms with Gasteiger partial charge in [-0.1, -0.05) is 41.9 Å². The number of aromatic nitrogens is 1. The van der Waals surface area contributed by atoms with Crippen LogP contribution in [0, 0.1) is 0 Å². The molecule has 1 heterocycles. The van der Waals surface area contributed by atoms with Crippen LogP contribution in [0.15, 0.2) is 48.7 Å². The highest BCUT2D eigenvalue weighted by Crippen LogP contribution is 2.32. The number of nitrogens with zero attached hydrogens (tertiary/aromatic N) is 1. The molecular weight excluding hydrogens is 296 g/mol. The maximum atomic E-state index is 12.2. The summed E-state index contributed by atoms with van der Waals surface area (Å²) in [6.45, 7) is 0. The normalized spacial score (nSPS) is 21.3. The van der Waals surface area contributed by atoms with E-state index in [0.717, 1.165) is 25.7 Å². The molecule has 0 saturated heterocycles. The minimum Gasteiger partial charge on any atom is -0.349 e. The molecule has 1 N–H and O–H groups in total. The van der Waals surface area contributed by atoms with Crippen molar-refractivity contribution < 1.29 is 4.79 Å². The van der Waals surface area contributed by atoms with Crippen molar-refractivity contribution in [2.75, 3.05) is 0 Å². The Morgan fingerprint density at radius 2 is 1.77 bits per heavy atom. The van der Waals surface area contributed by atoms with Gasteiger partial charge in [0.1, 0.15) is 5.15 Å². The van der Waals surface area contributed by atoms with Gasteiger partial charge in [0, 0.05) is 12.2 Å². The van der Waals surface area contributed by atoms with Crippen molar-refractivity contribution in [2.45, 2.75) is 37.6 Å². The smallest absolute Gasteiger partial charge is 0.253 e. The Labute approximate surface area is 135 Å². The van der Waals surface area contributed by atoms with Crippen LogP contribution >= 0.6 is 11.6 Å². The number of carbonyl (C=O) groups excluding carboxylic acids is 1. The lowest BCUT2D eigenvalue weighted by Gasteiger charge is -2.29. The highest BCUT2D eigenvalue weighted by atomic mass is 35.5. The zero-order chi connectivity index (χ0) is 15.4. The summed E-state index contributed by atoms with van der Waals surface area (Å²) in [5, 5.41) is 3.51. The number of carbonyl (C=O) groups is 1. The van der Waals surface area contributed by atoms with Gasteiger partial charge in [-0.25, -0.2) is 4.98 Å². The molecule has 2 aromatic rings. The van der Waals surface area contributed by atoms with E-state index in [9.17, 15) is 4.79 Å². The fourth-order valence-electron chi connectivity index (χ4n) is 3.08. The maximum Gasteiger partial charge on any atom is 0.253 e. The number of hydrogen-bond acceptors (Lipinski definition) is 2. The lowest BCUT2D eigenvalue weighted by molar-refractivity contribution is 0.0925. The molecule has 0 bridgehead atoms. The minimum absolute atomic E-state index is 0.0627. The van der Waals surface area contributed by atoms with E-state index in [-0.39, 0.29) is 11.9 Å². The first-order valence-electron chi connectivity index (χ1n) is 7.70. The van der Waals surface area contributed by atoms with E-state index < -0.39 is 0 Å². The predicted molar refractivity (Wildman–Crippen MR) is 88.2 cm³/mol. The number of halogens is 1. The van der Waals surface area contributed by atoms with Gasteiger partial charge < -0.3 is 5.32 Å². The molecule has 0 atom stereocenters. The zero-order valence-corrected chi connectivity index (χ0v) is 13.1. The standard InChI is InChI=1S/C18H19ClN2O/c19-17-11-8-15(12-20-17)18(22)21-16-9-6-14(7-10-16)13-4-2-1-3-5-13/h1-5,8,11-12,14,16H,6-7,9-10H2,(H,21,22). The van der Waals surface area contributed by atoms with Gasteiger partial charge in [-0.15, -0.1) is 0 Å². The van der Waals surface area contributed by atoms with E-state index in [4.69, 9.17) is 11.6 Å². The van der Waals surface area contributed by atoms with Crippen molar-refractivity contribution in [2.24, 2.45) is 0 Å². The molecule has 1 aliphatic rings. The first kappa shape index (κ1) is 15.0. The van der Waals surface area contributed by atoms with Gasteiger partial charge in [-0.2, -0.15) is 0 Å². The van der Waals surface area contributed by atoms with Crippen molar-refractivity contribution in [1.82, 2.24) is 10.3 Å². The second kappa shape index (κ2) is 6.93. The van der Waals surface area contributed by atoms with E-state index in [2.05, 4.69) is 40.6 Å². The number of amides is 1. The van der Waals surface area contributed by atoms with Crippen molar-refractivity contribution in [1.29, 1.82) is 0 Å². The molecule has 1 aromatic carbocycles. The first-order valence-corrected chi connectivity index (χ1v) is 8.07. The van der Waals surface area contributed by atoms with Crippen LogP contribution in [0.3, 0.4) is 0 Å². The summed E-state index contributed by atoms with van der Waals surface area (Å²) in [4.78, 5) is 16.1. The highest BCUT2D eigenvalue weighted by molar-refractivity contribution is 6.29. The van der Waals surface area contributed by atoms with Gasteiger partial charge in [0.05, 0.1) is 5.56 Å². The molecular formula is C18H19ClN2O. The third-order valence-electron chi connectivity index (χ3n) is 4.32. The number of benzene rings is 1. The molecule has 1 amide bonds. The molecule has 22 heavy (non-hydrogen) atoms. The van der Waals surface area contributed by atoms with E-state index in [1.807, 2.05) is 0 Å². The first-order chi connectivity index (χ1) is 10.7. The lowest BCUT2D eigenvalue weighted by Crippen LogP contribution is -2.37. The van der Waals surface area contributed by atoms with Gasteiger partial charge in [0.15, 0.2) is 0 Å². The van der Waals surface area contributed by atoms with Crippen molar-refractivity contribution in [3.63, 3.8) is 0 Å². The molecule has 0 aliphatic heterocycles. The van der Waals surface area contributed by atoms with Crippen LogP contribution in [0.2, 0.25) is 5.15 Å². The van der Waals surface area contributed by atoms with E-state index in [1.165, 1.54) is 11.8 Å². The second-order valence-corrected chi connectivity index (χ2v) is 6.19.